The van der Waals surface area contributed by atoms with Crippen LogP contribution in [0.25, 0.3) is 15.7 Å². The van der Waals surface area contributed by atoms with E-state index in [1.54, 1.807) is 41.5 Å². The molecule has 4 aromatic rings. The second kappa shape index (κ2) is 8.37. The number of carbonyl (C=O) groups is 1. The Hall–Kier alpha value is -4.06. The minimum Gasteiger partial charge on any atom is -0.486 e. The molecule has 0 bridgehead atoms. The number of nitrogens with one attached hydrogen (secondary N) is 1. The topological polar surface area (TPSA) is 114 Å². The van der Waals surface area contributed by atoms with Gasteiger partial charge in [0.05, 0.1) is 6.26 Å². The Bertz CT molecular complexity index is 1410. The van der Waals surface area contributed by atoms with Crippen molar-refractivity contribution < 1.29 is 18.7 Å². The maximum absolute atomic E-state index is 12.8. The fourth-order valence-electron chi connectivity index (χ4n) is 3.92. The normalized spacial score (nSPS) is 15.5. The summed E-state index contributed by atoms with van der Waals surface area (Å²) < 4.78 is 17.8. The Balaban J connectivity index is 1.13. The summed E-state index contributed by atoms with van der Waals surface area (Å²) in [6, 6.07) is 10.2. The lowest BCUT2D eigenvalue weighted by Crippen LogP contribution is -2.50. The van der Waals surface area contributed by atoms with E-state index in [1.165, 1.54) is 21.9 Å². The third kappa shape index (κ3) is 3.81. The first kappa shape index (κ1) is 20.5. The Labute approximate surface area is 197 Å². The van der Waals surface area contributed by atoms with Crippen molar-refractivity contribution in [2.75, 3.05) is 49.6 Å². The molecule has 5 heterocycles. The van der Waals surface area contributed by atoms with Crippen molar-refractivity contribution in [3.63, 3.8) is 0 Å². The van der Waals surface area contributed by atoms with Crippen molar-refractivity contribution in [2.45, 2.75) is 0 Å². The first-order valence-corrected chi connectivity index (χ1v) is 11.6. The number of amides is 2. The minimum atomic E-state index is -0.257. The molecule has 11 nitrogen and oxygen atoms in total. The standard InChI is InChI=1S/C22H20N6O5S/c29-19-13-18(24-22-28(19)25-20(34-22)16-2-1-9-31-16)26-5-7-27(8-6-26)21(30)23-14-3-4-15-17(12-14)33-11-10-32-15/h1-4,9,12-13H,5-8,10-11H2,(H,23,30). The van der Waals surface area contributed by atoms with Crippen LogP contribution in [0.15, 0.2) is 51.9 Å². The highest BCUT2D eigenvalue weighted by atomic mass is 32.1. The molecule has 6 rings (SSSR count). The summed E-state index contributed by atoms with van der Waals surface area (Å²) in [5, 5.41) is 7.82. The molecular weight excluding hydrogens is 460 g/mol. The highest BCUT2D eigenvalue weighted by Crippen LogP contribution is 2.32. The van der Waals surface area contributed by atoms with Crippen molar-refractivity contribution in [3.8, 4) is 22.3 Å². The molecule has 1 aromatic carbocycles. The molecular formula is C22H20N6O5S. The Morgan fingerprint density at radius 3 is 2.65 bits per heavy atom. The minimum absolute atomic E-state index is 0.189. The van der Waals surface area contributed by atoms with Crippen LogP contribution in [0.2, 0.25) is 0 Å². The van der Waals surface area contributed by atoms with E-state index in [2.05, 4.69) is 15.4 Å². The molecule has 0 spiro atoms. The zero-order valence-electron chi connectivity index (χ0n) is 18.0. The number of ether oxygens (including phenoxy) is 2. The van der Waals surface area contributed by atoms with Gasteiger partial charge < -0.3 is 29.0 Å². The van der Waals surface area contributed by atoms with Crippen molar-refractivity contribution in [1.29, 1.82) is 0 Å². The second-order valence-corrected chi connectivity index (χ2v) is 8.75. The van der Waals surface area contributed by atoms with Crippen LogP contribution in [0.4, 0.5) is 16.3 Å². The summed E-state index contributed by atoms with van der Waals surface area (Å²) in [4.78, 5) is 34.2. The highest BCUT2D eigenvalue weighted by Gasteiger charge is 2.24. The van der Waals surface area contributed by atoms with Crippen LogP contribution in [0.3, 0.4) is 0 Å². The lowest BCUT2D eigenvalue weighted by Gasteiger charge is -2.35. The van der Waals surface area contributed by atoms with E-state index in [4.69, 9.17) is 13.9 Å². The molecule has 0 saturated carbocycles. The molecule has 34 heavy (non-hydrogen) atoms. The van der Waals surface area contributed by atoms with Gasteiger partial charge in [0.25, 0.3) is 5.56 Å². The van der Waals surface area contributed by atoms with E-state index < -0.39 is 0 Å². The number of piperazine rings is 1. The molecule has 12 heteroatoms. The van der Waals surface area contributed by atoms with Crippen LogP contribution in [0.5, 0.6) is 11.5 Å². The van der Waals surface area contributed by atoms with Gasteiger partial charge in [-0.05, 0) is 24.3 Å². The molecule has 2 aliphatic rings. The van der Waals surface area contributed by atoms with Gasteiger partial charge in [-0.2, -0.15) is 4.52 Å². The number of benzene rings is 1. The fourth-order valence-corrected chi connectivity index (χ4v) is 4.79. The summed E-state index contributed by atoms with van der Waals surface area (Å²) >= 11 is 1.29. The van der Waals surface area contributed by atoms with E-state index in [-0.39, 0.29) is 11.6 Å². The SMILES string of the molecule is O=C(Nc1ccc2c(c1)OCCO2)N1CCN(c2cc(=O)n3nc(-c4ccco4)sc3n2)CC1. The average Bonchev–Trinajstić information content (AvgIpc) is 3.54. The quantitative estimate of drug-likeness (QED) is 0.476. The van der Waals surface area contributed by atoms with E-state index >= 15 is 0 Å². The predicted molar refractivity (Wildman–Crippen MR) is 125 cm³/mol. The molecule has 1 fully saturated rings. The van der Waals surface area contributed by atoms with Crippen LogP contribution >= 0.6 is 11.3 Å². The van der Waals surface area contributed by atoms with Gasteiger partial charge >= 0.3 is 6.03 Å². The van der Waals surface area contributed by atoms with E-state index in [9.17, 15) is 9.59 Å². The largest absolute Gasteiger partial charge is 0.486 e. The lowest BCUT2D eigenvalue weighted by molar-refractivity contribution is 0.171. The number of furan rings is 1. The molecule has 3 aromatic heterocycles. The predicted octanol–water partition coefficient (Wildman–Crippen LogP) is 2.54. The van der Waals surface area contributed by atoms with E-state index in [0.717, 1.165) is 0 Å². The van der Waals surface area contributed by atoms with Gasteiger partial charge in [0, 0.05) is 44.0 Å². The molecule has 1 N–H and O–H groups in total. The number of anilines is 2. The van der Waals surface area contributed by atoms with Crippen LogP contribution in [-0.2, 0) is 0 Å². The maximum Gasteiger partial charge on any atom is 0.321 e. The summed E-state index contributed by atoms with van der Waals surface area (Å²) in [7, 11) is 0. The second-order valence-electron chi connectivity index (χ2n) is 7.79. The molecule has 0 atom stereocenters. The number of aromatic nitrogens is 3. The Morgan fingerprint density at radius 1 is 1.03 bits per heavy atom. The summed E-state index contributed by atoms with van der Waals surface area (Å²) in [5.41, 5.74) is 0.391. The number of hydrogen-bond donors (Lipinski definition) is 1. The monoisotopic (exact) mass is 480 g/mol. The molecule has 0 aliphatic carbocycles. The number of rotatable bonds is 3. The molecule has 2 aliphatic heterocycles. The molecule has 0 radical (unpaired) electrons. The van der Waals surface area contributed by atoms with Gasteiger partial charge in [-0.15, -0.1) is 5.10 Å². The smallest absolute Gasteiger partial charge is 0.321 e. The van der Waals surface area contributed by atoms with Crippen LogP contribution in [-0.4, -0.2) is 64.9 Å². The average molecular weight is 481 g/mol. The first-order valence-electron chi connectivity index (χ1n) is 10.8. The number of fused-ring (bicyclic) bond motifs is 2. The first-order chi connectivity index (χ1) is 16.6. The number of urea groups is 1. The Kier molecular flexibility index (Phi) is 5.06. The lowest BCUT2D eigenvalue weighted by atomic mass is 10.2. The van der Waals surface area contributed by atoms with Crippen LogP contribution < -0.4 is 25.2 Å². The van der Waals surface area contributed by atoms with E-state index in [0.29, 0.717) is 78.1 Å². The van der Waals surface area contributed by atoms with Gasteiger partial charge in [-0.1, -0.05) is 11.3 Å². The van der Waals surface area contributed by atoms with Gasteiger partial charge in [-0.3, -0.25) is 4.79 Å². The summed E-state index contributed by atoms with van der Waals surface area (Å²) in [6.07, 6.45) is 1.56. The molecule has 174 valence electrons. The molecule has 0 unspecified atom stereocenters. The fraction of sp³-hybridized carbons (Fsp3) is 0.273. The third-order valence-corrected chi connectivity index (χ3v) is 6.57. The van der Waals surface area contributed by atoms with Crippen molar-refractivity contribution in [1.82, 2.24) is 19.5 Å². The highest BCUT2D eigenvalue weighted by molar-refractivity contribution is 7.19. The van der Waals surface area contributed by atoms with Gasteiger partial charge in [0.2, 0.25) is 4.96 Å². The van der Waals surface area contributed by atoms with Gasteiger partial charge in [0.15, 0.2) is 22.3 Å². The van der Waals surface area contributed by atoms with Gasteiger partial charge in [-0.25, -0.2) is 9.78 Å². The summed E-state index contributed by atoms with van der Waals surface area (Å²) in [5.74, 6) is 2.47. The maximum atomic E-state index is 12.8. The van der Waals surface area contributed by atoms with Crippen LogP contribution in [0.1, 0.15) is 0 Å². The van der Waals surface area contributed by atoms with E-state index in [1.807, 2.05) is 4.90 Å². The molecule has 2 amide bonds. The number of carbonyl (C=O) groups excluding carboxylic acids is 1. The summed E-state index contributed by atoms with van der Waals surface area (Å²) in [6.45, 7) is 3.12. The third-order valence-electron chi connectivity index (χ3n) is 5.65. The van der Waals surface area contributed by atoms with Crippen molar-refractivity contribution >= 4 is 33.8 Å². The zero-order valence-corrected chi connectivity index (χ0v) is 18.8. The van der Waals surface area contributed by atoms with Crippen molar-refractivity contribution in [2.24, 2.45) is 0 Å². The van der Waals surface area contributed by atoms with Crippen LogP contribution in [0, 0.1) is 0 Å². The van der Waals surface area contributed by atoms with Crippen molar-refractivity contribution in [3.05, 3.63) is 53.0 Å². The zero-order chi connectivity index (χ0) is 23.1. The number of nitrogens with zero attached hydrogens (tertiary/aromatic N) is 5. The van der Waals surface area contributed by atoms with Gasteiger partial charge in [0.1, 0.15) is 19.0 Å². The molecule has 1 saturated heterocycles. The number of hydrogen-bond acceptors (Lipinski definition) is 9. The Morgan fingerprint density at radius 2 is 1.85 bits per heavy atom.